The number of carbonyl (C=O) groups excluding carboxylic acids is 1. The van der Waals surface area contributed by atoms with Crippen molar-refractivity contribution in [2.75, 3.05) is 0 Å². The van der Waals surface area contributed by atoms with Gasteiger partial charge in [0.05, 0.1) is 5.02 Å². The summed E-state index contributed by atoms with van der Waals surface area (Å²) in [6.45, 7) is 7.96. The third kappa shape index (κ3) is 3.13. The highest BCUT2D eigenvalue weighted by molar-refractivity contribution is 6.39. The van der Waals surface area contributed by atoms with Crippen molar-refractivity contribution in [2.24, 2.45) is 0 Å². The van der Waals surface area contributed by atoms with Crippen molar-refractivity contribution < 1.29 is 4.79 Å². The largest absolute Gasteiger partial charge is 0.334 e. The normalized spacial score (nSPS) is 11.7. The Hall–Kier alpha value is -2.99. The lowest BCUT2D eigenvalue weighted by molar-refractivity contribution is 0.0645. The van der Waals surface area contributed by atoms with Gasteiger partial charge in [-0.05, 0) is 39.8 Å². The first kappa shape index (κ1) is 19.3. The fourth-order valence-corrected chi connectivity index (χ4v) is 4.10. The van der Waals surface area contributed by atoms with Crippen molar-refractivity contribution >= 4 is 34.2 Å². The number of benzene rings is 1. The van der Waals surface area contributed by atoms with E-state index in [-0.39, 0.29) is 18.0 Å². The number of pyridine rings is 2. The van der Waals surface area contributed by atoms with Crippen LogP contribution in [0.3, 0.4) is 0 Å². The van der Waals surface area contributed by atoms with E-state index in [1.54, 1.807) is 11.1 Å². The zero-order valence-electron chi connectivity index (χ0n) is 16.8. The second-order valence-corrected chi connectivity index (χ2v) is 7.89. The van der Waals surface area contributed by atoms with Crippen LogP contribution in [0.2, 0.25) is 5.02 Å². The summed E-state index contributed by atoms with van der Waals surface area (Å²) in [6, 6.07) is 13.4. The van der Waals surface area contributed by atoms with E-state index in [4.69, 9.17) is 11.6 Å². The molecule has 0 aliphatic rings. The van der Waals surface area contributed by atoms with Crippen molar-refractivity contribution in [3.63, 3.8) is 0 Å². The molecule has 0 aliphatic heterocycles. The number of hydrogen-bond acceptors (Lipinski definition) is 4. The van der Waals surface area contributed by atoms with Gasteiger partial charge in [-0.25, -0.2) is 4.98 Å². The first-order valence-corrected chi connectivity index (χ1v) is 9.99. The van der Waals surface area contributed by atoms with Crippen molar-refractivity contribution in [3.05, 3.63) is 59.2 Å². The molecule has 7 heteroatoms. The van der Waals surface area contributed by atoms with Crippen LogP contribution in [-0.2, 0) is 0 Å². The van der Waals surface area contributed by atoms with E-state index >= 15 is 0 Å². The maximum absolute atomic E-state index is 13.6. The lowest BCUT2D eigenvalue weighted by atomic mass is 10.1. The minimum Gasteiger partial charge on any atom is -0.334 e. The molecule has 3 aromatic heterocycles. The van der Waals surface area contributed by atoms with Crippen LogP contribution in [-0.4, -0.2) is 42.5 Å². The molecule has 3 heterocycles. The van der Waals surface area contributed by atoms with Gasteiger partial charge < -0.3 is 4.90 Å². The molecule has 4 rings (SSSR count). The lowest BCUT2D eigenvalue weighted by Gasteiger charge is -2.31. The molecule has 0 aliphatic carbocycles. The molecule has 0 radical (unpaired) electrons. The van der Waals surface area contributed by atoms with Gasteiger partial charge in [0.25, 0.3) is 5.91 Å². The topological polar surface area (TPSA) is 63.4 Å². The summed E-state index contributed by atoms with van der Waals surface area (Å²) in [7, 11) is 0. The van der Waals surface area contributed by atoms with Crippen LogP contribution in [0.5, 0.6) is 0 Å². The molecule has 0 atom stereocenters. The van der Waals surface area contributed by atoms with Crippen LogP contribution < -0.4 is 0 Å². The first-order chi connectivity index (χ1) is 13.9. The van der Waals surface area contributed by atoms with Gasteiger partial charge in [0.15, 0.2) is 11.5 Å². The Bertz CT molecular complexity index is 1190. The molecule has 0 bridgehead atoms. The third-order valence-electron chi connectivity index (χ3n) is 4.93. The number of aromatic nitrogens is 4. The fourth-order valence-electron chi connectivity index (χ4n) is 3.78. The molecular formula is C22H22ClN5O. The van der Waals surface area contributed by atoms with Gasteiger partial charge in [0, 0.05) is 29.2 Å². The van der Waals surface area contributed by atoms with E-state index in [0.717, 1.165) is 5.56 Å². The van der Waals surface area contributed by atoms with E-state index < -0.39 is 0 Å². The van der Waals surface area contributed by atoms with Crippen LogP contribution >= 0.6 is 11.6 Å². The predicted molar refractivity (Wildman–Crippen MR) is 115 cm³/mol. The number of amides is 1. The third-order valence-corrected chi connectivity index (χ3v) is 5.33. The molecule has 0 N–H and O–H groups in total. The molecule has 0 spiro atoms. The summed E-state index contributed by atoms with van der Waals surface area (Å²) in [5.41, 5.74) is 2.27. The Morgan fingerprint density at radius 2 is 1.66 bits per heavy atom. The first-order valence-electron chi connectivity index (χ1n) is 9.61. The van der Waals surface area contributed by atoms with Crippen molar-refractivity contribution in [3.8, 4) is 11.4 Å². The van der Waals surface area contributed by atoms with Gasteiger partial charge in [-0.2, -0.15) is 0 Å². The van der Waals surface area contributed by atoms with Gasteiger partial charge in [0.1, 0.15) is 11.2 Å². The average molecular weight is 408 g/mol. The van der Waals surface area contributed by atoms with Gasteiger partial charge in [-0.3, -0.25) is 9.20 Å². The number of fused-ring (bicyclic) bond motifs is 3. The Morgan fingerprint density at radius 1 is 0.966 bits per heavy atom. The standard InChI is InChI=1S/C22H22ClN5O/c1-13(2)27(14(3)4)22(29)17-18(23)16-11-8-12-24-20(16)28-19(25-26-21(17)28)15-9-6-5-7-10-15/h5-14H,1-4H3. The van der Waals surface area contributed by atoms with Crippen molar-refractivity contribution in [1.29, 1.82) is 0 Å². The molecule has 1 aromatic carbocycles. The predicted octanol–water partition coefficient (Wildman–Crippen LogP) is 4.86. The van der Waals surface area contributed by atoms with Gasteiger partial charge in [-0.15, -0.1) is 10.2 Å². The molecule has 1 amide bonds. The highest BCUT2D eigenvalue weighted by Crippen LogP contribution is 2.33. The van der Waals surface area contributed by atoms with Crippen LogP contribution in [0.4, 0.5) is 0 Å². The summed E-state index contributed by atoms with van der Waals surface area (Å²) in [5.74, 6) is 0.457. The average Bonchev–Trinajstić information content (AvgIpc) is 3.13. The summed E-state index contributed by atoms with van der Waals surface area (Å²) < 4.78 is 1.82. The van der Waals surface area contributed by atoms with Gasteiger partial charge in [0.2, 0.25) is 0 Å². The minimum atomic E-state index is -0.164. The van der Waals surface area contributed by atoms with Crippen LogP contribution in [0.1, 0.15) is 38.1 Å². The number of rotatable bonds is 4. The van der Waals surface area contributed by atoms with Gasteiger partial charge >= 0.3 is 0 Å². The van der Waals surface area contributed by atoms with E-state index in [9.17, 15) is 4.79 Å². The van der Waals surface area contributed by atoms with Crippen LogP contribution in [0.25, 0.3) is 28.1 Å². The zero-order valence-corrected chi connectivity index (χ0v) is 17.6. The maximum atomic E-state index is 13.6. The van der Waals surface area contributed by atoms with E-state index in [1.807, 2.05) is 74.6 Å². The molecule has 0 unspecified atom stereocenters. The summed E-state index contributed by atoms with van der Waals surface area (Å²) >= 11 is 6.76. The Labute approximate surface area is 174 Å². The smallest absolute Gasteiger partial charge is 0.259 e. The summed E-state index contributed by atoms with van der Waals surface area (Å²) in [4.78, 5) is 19.9. The number of nitrogens with zero attached hydrogens (tertiary/aromatic N) is 5. The van der Waals surface area contributed by atoms with Crippen molar-refractivity contribution in [1.82, 2.24) is 24.5 Å². The second-order valence-electron chi connectivity index (χ2n) is 7.51. The molecule has 4 aromatic rings. The monoisotopic (exact) mass is 407 g/mol. The lowest BCUT2D eigenvalue weighted by Crippen LogP contribution is -2.42. The highest BCUT2D eigenvalue weighted by Gasteiger charge is 2.29. The summed E-state index contributed by atoms with van der Waals surface area (Å²) in [6.07, 6.45) is 1.70. The Morgan fingerprint density at radius 3 is 2.31 bits per heavy atom. The number of halogens is 1. The van der Waals surface area contributed by atoms with E-state index in [1.165, 1.54) is 0 Å². The van der Waals surface area contributed by atoms with E-state index in [0.29, 0.717) is 33.1 Å². The number of hydrogen-bond donors (Lipinski definition) is 0. The van der Waals surface area contributed by atoms with Gasteiger partial charge in [-0.1, -0.05) is 41.9 Å². The molecule has 29 heavy (non-hydrogen) atoms. The molecule has 0 saturated heterocycles. The minimum absolute atomic E-state index is 0.0136. The van der Waals surface area contributed by atoms with Crippen molar-refractivity contribution in [2.45, 2.75) is 39.8 Å². The molecule has 148 valence electrons. The SMILES string of the molecule is CC(C)N(C(=O)c1c(Cl)c2cccnc2n2c(-c3ccccc3)nnc12)C(C)C. The fraction of sp³-hybridized carbons (Fsp3) is 0.273. The molecule has 0 fully saturated rings. The summed E-state index contributed by atoms with van der Waals surface area (Å²) in [5, 5.41) is 9.80. The van der Waals surface area contributed by atoms with Crippen LogP contribution in [0.15, 0.2) is 48.7 Å². The molecular weight excluding hydrogens is 386 g/mol. The maximum Gasteiger partial charge on any atom is 0.259 e. The Kier molecular flexibility index (Phi) is 4.96. The molecule has 0 saturated carbocycles. The zero-order chi connectivity index (χ0) is 20.7. The van der Waals surface area contributed by atoms with E-state index in [2.05, 4.69) is 15.2 Å². The molecule has 6 nitrogen and oxygen atoms in total. The Balaban J connectivity index is 2.09. The second kappa shape index (κ2) is 7.44. The van der Waals surface area contributed by atoms with Crippen LogP contribution in [0, 0.1) is 0 Å². The highest BCUT2D eigenvalue weighted by atomic mass is 35.5. The quantitative estimate of drug-likeness (QED) is 0.484. The number of carbonyl (C=O) groups is 1.